The summed E-state index contributed by atoms with van der Waals surface area (Å²) in [5.74, 6) is -1.98. The number of esters is 1. The zero-order valence-electron chi connectivity index (χ0n) is 14.2. The molecule has 0 aliphatic carbocycles. The Morgan fingerprint density at radius 1 is 1.37 bits per heavy atom. The van der Waals surface area contributed by atoms with Gasteiger partial charge >= 0.3 is 12.1 Å². The highest BCUT2D eigenvalue weighted by Gasteiger charge is 2.37. The van der Waals surface area contributed by atoms with E-state index >= 15 is 0 Å². The van der Waals surface area contributed by atoms with Crippen LogP contribution in [0.4, 0.5) is 13.2 Å². The number of ether oxygens (including phenoxy) is 1. The lowest BCUT2D eigenvalue weighted by atomic mass is 10.1. The first-order valence-corrected chi connectivity index (χ1v) is 9.61. The number of hydrogen-bond donors (Lipinski definition) is 1. The lowest BCUT2D eigenvalue weighted by molar-refractivity contribution is -0.143. The first-order chi connectivity index (χ1) is 12.4. The van der Waals surface area contributed by atoms with Gasteiger partial charge in [-0.2, -0.15) is 13.2 Å². The number of halogens is 3. The van der Waals surface area contributed by atoms with Crippen molar-refractivity contribution in [2.45, 2.75) is 31.7 Å². The van der Waals surface area contributed by atoms with Gasteiger partial charge in [0.1, 0.15) is 6.10 Å². The van der Waals surface area contributed by atoms with Crippen molar-refractivity contribution in [3.63, 3.8) is 0 Å². The van der Waals surface area contributed by atoms with Gasteiger partial charge in [0.15, 0.2) is 9.84 Å². The molecule has 1 fully saturated rings. The van der Waals surface area contributed by atoms with E-state index in [1.54, 1.807) is 0 Å². The maximum Gasteiger partial charge on any atom is 0.417 e. The van der Waals surface area contributed by atoms with Crippen molar-refractivity contribution in [2.75, 3.05) is 11.5 Å². The van der Waals surface area contributed by atoms with Gasteiger partial charge in [0.2, 0.25) is 5.91 Å². The fourth-order valence-corrected chi connectivity index (χ4v) is 3.45. The smallest absolute Gasteiger partial charge is 0.417 e. The van der Waals surface area contributed by atoms with Crippen LogP contribution in [0, 0.1) is 0 Å². The van der Waals surface area contributed by atoms with E-state index in [1.165, 1.54) is 6.92 Å². The quantitative estimate of drug-likeness (QED) is 0.568. The summed E-state index contributed by atoms with van der Waals surface area (Å²) >= 11 is 0. The number of carbonyl (C=O) groups excluding carboxylic acids is 2. The summed E-state index contributed by atoms with van der Waals surface area (Å²) in [5, 5.41) is 2.49. The second kappa shape index (κ2) is 7.67. The Morgan fingerprint density at radius 2 is 2.00 bits per heavy atom. The second-order valence-electron chi connectivity index (χ2n) is 6.14. The monoisotopic (exact) mass is 406 g/mol. The van der Waals surface area contributed by atoms with E-state index in [-0.39, 0.29) is 22.8 Å². The summed E-state index contributed by atoms with van der Waals surface area (Å²) in [6.07, 6.45) is -4.97. The molecule has 1 aromatic rings. The van der Waals surface area contributed by atoms with Crippen LogP contribution in [0.25, 0.3) is 0 Å². The summed E-state index contributed by atoms with van der Waals surface area (Å²) in [7, 11) is -3.15. The number of hydrogen-bond acceptors (Lipinski definition) is 6. The average molecular weight is 406 g/mol. The zero-order valence-corrected chi connectivity index (χ0v) is 15.1. The van der Waals surface area contributed by atoms with Crippen LogP contribution in [0.15, 0.2) is 30.5 Å². The first-order valence-electron chi connectivity index (χ1n) is 7.79. The molecule has 7 nitrogen and oxygen atoms in total. The molecule has 0 spiro atoms. The first kappa shape index (κ1) is 20.9. The van der Waals surface area contributed by atoms with Gasteiger partial charge in [-0.05, 0) is 19.1 Å². The molecule has 148 valence electrons. The Balaban J connectivity index is 1.83. The van der Waals surface area contributed by atoms with Gasteiger partial charge in [-0.25, -0.2) is 13.2 Å². The fourth-order valence-electron chi connectivity index (χ4n) is 2.28. The molecule has 2 rings (SSSR count). The number of nitrogens with zero attached hydrogens (tertiary/aromatic N) is 1. The summed E-state index contributed by atoms with van der Waals surface area (Å²) in [6, 6.07) is 1.31. The van der Waals surface area contributed by atoms with Crippen molar-refractivity contribution < 1.29 is 35.9 Å². The van der Waals surface area contributed by atoms with Crippen LogP contribution in [0.5, 0.6) is 0 Å². The minimum absolute atomic E-state index is 0.163. The number of amides is 1. The van der Waals surface area contributed by atoms with Crippen LogP contribution in [-0.4, -0.2) is 42.9 Å². The van der Waals surface area contributed by atoms with Gasteiger partial charge in [0, 0.05) is 11.8 Å². The van der Waals surface area contributed by atoms with Crippen molar-refractivity contribution in [1.82, 2.24) is 10.3 Å². The van der Waals surface area contributed by atoms with Crippen molar-refractivity contribution in [3.8, 4) is 0 Å². The molecule has 1 N–H and O–H groups in total. The molecule has 0 aromatic carbocycles. The molecule has 1 aliphatic heterocycles. The van der Waals surface area contributed by atoms with E-state index in [0.717, 1.165) is 12.1 Å². The average Bonchev–Trinajstić information content (AvgIpc) is 2.52. The molecule has 1 amide bonds. The molecule has 0 saturated carbocycles. The van der Waals surface area contributed by atoms with Crippen LogP contribution < -0.4 is 5.32 Å². The van der Waals surface area contributed by atoms with Gasteiger partial charge in [0.25, 0.3) is 0 Å². The van der Waals surface area contributed by atoms with E-state index in [0.29, 0.717) is 6.20 Å². The maximum absolute atomic E-state index is 12.5. The molecule has 1 aromatic heterocycles. The Morgan fingerprint density at radius 3 is 2.48 bits per heavy atom. The highest BCUT2D eigenvalue weighted by molar-refractivity contribution is 7.92. The third kappa shape index (κ3) is 5.78. The third-order valence-electron chi connectivity index (χ3n) is 3.75. The summed E-state index contributed by atoms with van der Waals surface area (Å²) in [4.78, 5) is 27.4. The second-order valence-corrected chi connectivity index (χ2v) is 8.30. The minimum Gasteiger partial charge on any atom is -0.457 e. The summed E-state index contributed by atoms with van der Waals surface area (Å²) in [6.45, 7) is 4.96. The van der Waals surface area contributed by atoms with Crippen LogP contribution in [0.2, 0.25) is 0 Å². The molecular formula is C16H17F3N2O5S. The lowest BCUT2D eigenvalue weighted by Crippen LogP contribution is -2.44. The van der Waals surface area contributed by atoms with Gasteiger partial charge < -0.3 is 10.1 Å². The number of sulfone groups is 1. The Bertz CT molecular complexity index is 838. The lowest BCUT2D eigenvalue weighted by Gasteiger charge is -2.25. The van der Waals surface area contributed by atoms with E-state index in [1.807, 2.05) is 0 Å². The molecule has 11 heteroatoms. The Hall–Kier alpha value is -2.43. The third-order valence-corrected chi connectivity index (χ3v) is 5.51. The van der Waals surface area contributed by atoms with Crippen LogP contribution in [-0.2, 0) is 30.3 Å². The van der Waals surface area contributed by atoms with Gasteiger partial charge in [0.05, 0.1) is 35.2 Å². The molecule has 2 heterocycles. The topological polar surface area (TPSA) is 102 Å². The predicted octanol–water partition coefficient (Wildman–Crippen LogP) is 1.56. The number of carbonyl (C=O) groups is 2. The van der Waals surface area contributed by atoms with E-state index in [2.05, 4.69) is 16.9 Å². The number of pyridine rings is 1. The van der Waals surface area contributed by atoms with Crippen molar-refractivity contribution in [1.29, 1.82) is 0 Å². The van der Waals surface area contributed by atoms with Gasteiger partial charge in [-0.15, -0.1) is 0 Å². The van der Waals surface area contributed by atoms with Crippen molar-refractivity contribution in [2.24, 2.45) is 0 Å². The number of nitrogens with one attached hydrogen (secondary N) is 1. The molecule has 0 radical (unpaired) electrons. The summed E-state index contributed by atoms with van der Waals surface area (Å²) < 4.78 is 64.5. The molecule has 27 heavy (non-hydrogen) atoms. The number of rotatable bonds is 6. The minimum atomic E-state index is -4.50. The van der Waals surface area contributed by atoms with Crippen molar-refractivity contribution in [3.05, 3.63) is 41.7 Å². The SMILES string of the molecule is C=C(CC(=O)N[C@@H](C)c1ccc(C(F)(F)F)cn1)C(=O)OC1CS(=O)(=O)C1. The Labute approximate surface area is 153 Å². The molecule has 1 saturated heterocycles. The van der Waals surface area contributed by atoms with Crippen LogP contribution in [0.1, 0.15) is 30.6 Å². The molecule has 1 atom stereocenters. The standard InChI is InChI=1S/C16H17F3N2O5S/c1-9(15(23)26-12-7-27(24,25)8-12)5-14(22)21-10(2)13-4-3-11(6-20-13)16(17,18)19/h3-4,6,10,12H,1,5,7-8H2,2H3,(H,21,22)/t10-/m0/s1. The highest BCUT2D eigenvalue weighted by Crippen LogP contribution is 2.28. The van der Waals surface area contributed by atoms with E-state index in [9.17, 15) is 31.2 Å². The maximum atomic E-state index is 12.5. The highest BCUT2D eigenvalue weighted by atomic mass is 32.2. The molecule has 1 aliphatic rings. The number of alkyl halides is 3. The molecule has 0 bridgehead atoms. The van der Waals surface area contributed by atoms with E-state index < -0.39 is 52.0 Å². The van der Waals surface area contributed by atoms with Crippen LogP contribution >= 0.6 is 0 Å². The largest absolute Gasteiger partial charge is 0.457 e. The van der Waals surface area contributed by atoms with Crippen LogP contribution in [0.3, 0.4) is 0 Å². The summed E-state index contributed by atoms with van der Waals surface area (Å²) in [5.41, 5.74) is -0.854. The van der Waals surface area contributed by atoms with Gasteiger partial charge in [-0.1, -0.05) is 6.58 Å². The van der Waals surface area contributed by atoms with E-state index in [4.69, 9.17) is 4.74 Å². The Kier molecular flexibility index (Phi) is 5.93. The zero-order chi connectivity index (χ0) is 20.4. The molecule has 0 unspecified atom stereocenters. The fraction of sp³-hybridized carbons (Fsp3) is 0.438. The predicted molar refractivity (Wildman–Crippen MR) is 88.1 cm³/mol. The normalized spacial score (nSPS) is 17.5. The number of aromatic nitrogens is 1. The molecular weight excluding hydrogens is 389 g/mol. The van der Waals surface area contributed by atoms with Crippen molar-refractivity contribution >= 4 is 21.7 Å². The van der Waals surface area contributed by atoms with Gasteiger partial charge in [-0.3, -0.25) is 9.78 Å².